The van der Waals surface area contributed by atoms with Gasteiger partial charge in [-0.15, -0.1) is 16.4 Å². The lowest BCUT2D eigenvalue weighted by molar-refractivity contribution is -0.120. The molecular weight excluding hydrogens is 376 g/mol. The van der Waals surface area contributed by atoms with Gasteiger partial charge in [0.25, 0.3) is 0 Å². The molecule has 2 aromatic heterocycles. The fourth-order valence-corrected chi connectivity index (χ4v) is 3.85. The van der Waals surface area contributed by atoms with E-state index in [2.05, 4.69) is 26.6 Å². The van der Waals surface area contributed by atoms with Crippen molar-refractivity contribution < 1.29 is 4.79 Å². The fraction of sp³-hybridized carbons (Fsp3) is 0.235. The number of amides is 1. The molecule has 1 aromatic carbocycles. The van der Waals surface area contributed by atoms with Gasteiger partial charge in [0.05, 0.1) is 5.25 Å². The molecule has 0 saturated heterocycles. The summed E-state index contributed by atoms with van der Waals surface area (Å²) in [5.74, 6) is 0.725. The summed E-state index contributed by atoms with van der Waals surface area (Å²) in [5.41, 5.74) is 0.894. The molecule has 3 aromatic rings. The van der Waals surface area contributed by atoms with Crippen molar-refractivity contribution in [3.8, 4) is 0 Å². The van der Waals surface area contributed by atoms with Crippen molar-refractivity contribution in [3.63, 3.8) is 0 Å². The lowest BCUT2D eigenvalue weighted by Crippen LogP contribution is -2.30. The molecule has 0 fully saturated rings. The van der Waals surface area contributed by atoms with Crippen molar-refractivity contribution in [2.75, 3.05) is 0 Å². The van der Waals surface area contributed by atoms with Crippen LogP contribution < -0.4 is 5.32 Å². The van der Waals surface area contributed by atoms with Gasteiger partial charge in [-0.3, -0.25) is 9.89 Å². The van der Waals surface area contributed by atoms with E-state index in [1.807, 2.05) is 42.6 Å². The number of thioether (sulfide) groups is 1. The largest absolute Gasteiger partial charge is 0.351 e. The highest BCUT2D eigenvalue weighted by Crippen LogP contribution is 2.21. The van der Waals surface area contributed by atoms with Crippen LogP contribution in [0.5, 0.6) is 0 Å². The molecule has 0 aliphatic heterocycles. The monoisotopic (exact) mass is 392 g/mol. The molecule has 1 atom stereocenters. The fourth-order valence-electron chi connectivity index (χ4n) is 2.17. The topological polar surface area (TPSA) is 70.7 Å². The predicted octanol–water partition coefficient (Wildman–Crippen LogP) is 3.91. The van der Waals surface area contributed by atoms with Gasteiger partial charge >= 0.3 is 0 Å². The number of nitrogens with one attached hydrogen (secondary N) is 2. The number of aromatic nitrogens is 3. The Morgan fingerprint density at radius 2 is 2.20 bits per heavy atom. The summed E-state index contributed by atoms with van der Waals surface area (Å²) < 4.78 is 0. The Labute approximate surface area is 159 Å². The van der Waals surface area contributed by atoms with Crippen molar-refractivity contribution in [3.05, 3.63) is 63.1 Å². The standard InChI is InChI=1S/C17H17ClN4OS2/c1-11(16(23)19-10-12-5-2-3-7-14(12)18)25-17-20-15(21-22-17)9-13-6-4-8-24-13/h2-8,11H,9-10H2,1H3,(H,19,23)(H,20,21,22). The smallest absolute Gasteiger partial charge is 0.233 e. The minimum absolute atomic E-state index is 0.0745. The summed E-state index contributed by atoms with van der Waals surface area (Å²) in [5, 5.41) is 13.0. The second kappa shape index (κ2) is 8.51. The highest BCUT2D eigenvalue weighted by Gasteiger charge is 2.17. The maximum Gasteiger partial charge on any atom is 0.233 e. The summed E-state index contributed by atoms with van der Waals surface area (Å²) in [6, 6.07) is 11.5. The van der Waals surface area contributed by atoms with Crippen LogP contribution in [-0.4, -0.2) is 26.3 Å². The van der Waals surface area contributed by atoms with E-state index in [0.29, 0.717) is 16.7 Å². The molecule has 8 heteroatoms. The second-order valence-corrected chi connectivity index (χ2v) is 8.14. The van der Waals surface area contributed by atoms with Gasteiger partial charge in [0, 0.05) is 22.9 Å². The van der Waals surface area contributed by atoms with E-state index in [4.69, 9.17) is 11.6 Å². The van der Waals surface area contributed by atoms with Crippen LogP contribution in [0.4, 0.5) is 0 Å². The molecular formula is C17H17ClN4OS2. The van der Waals surface area contributed by atoms with Crippen LogP contribution in [0.15, 0.2) is 46.9 Å². The third-order valence-corrected chi connectivity index (χ3v) is 5.70. The van der Waals surface area contributed by atoms with E-state index in [9.17, 15) is 4.79 Å². The average molecular weight is 393 g/mol. The van der Waals surface area contributed by atoms with Crippen LogP contribution in [0, 0.1) is 0 Å². The minimum Gasteiger partial charge on any atom is -0.351 e. The van der Waals surface area contributed by atoms with E-state index >= 15 is 0 Å². The lowest BCUT2D eigenvalue weighted by Gasteiger charge is -2.10. The van der Waals surface area contributed by atoms with Crippen molar-refractivity contribution in [2.24, 2.45) is 0 Å². The van der Waals surface area contributed by atoms with Crippen LogP contribution in [0.3, 0.4) is 0 Å². The molecule has 25 heavy (non-hydrogen) atoms. The van der Waals surface area contributed by atoms with Gasteiger partial charge in [-0.1, -0.05) is 47.6 Å². The molecule has 3 rings (SSSR count). The summed E-state index contributed by atoms with van der Waals surface area (Å²) >= 11 is 9.11. The van der Waals surface area contributed by atoms with Gasteiger partial charge in [-0.2, -0.15) is 0 Å². The Balaban J connectivity index is 1.51. The Morgan fingerprint density at radius 3 is 2.96 bits per heavy atom. The van der Waals surface area contributed by atoms with Gasteiger partial charge in [0.15, 0.2) is 0 Å². The predicted molar refractivity (Wildman–Crippen MR) is 102 cm³/mol. The molecule has 0 spiro atoms. The zero-order valence-electron chi connectivity index (χ0n) is 13.5. The molecule has 0 bridgehead atoms. The molecule has 0 saturated carbocycles. The minimum atomic E-state index is -0.298. The first-order chi connectivity index (χ1) is 12.1. The van der Waals surface area contributed by atoms with Crippen molar-refractivity contribution in [1.29, 1.82) is 0 Å². The Bertz CT molecular complexity index is 835. The number of carbonyl (C=O) groups is 1. The summed E-state index contributed by atoms with van der Waals surface area (Å²) in [4.78, 5) is 17.9. The van der Waals surface area contributed by atoms with Crippen molar-refractivity contribution in [2.45, 2.75) is 30.3 Å². The number of rotatable bonds is 7. The third-order valence-electron chi connectivity index (χ3n) is 3.50. The number of H-pyrrole nitrogens is 1. The quantitative estimate of drug-likeness (QED) is 0.598. The van der Waals surface area contributed by atoms with E-state index in [1.165, 1.54) is 16.6 Å². The first-order valence-corrected chi connectivity index (χ1v) is 9.87. The number of benzene rings is 1. The SMILES string of the molecule is CC(Sc1n[nH]c(Cc2cccs2)n1)C(=O)NCc1ccccc1Cl. The number of hydrogen-bond acceptors (Lipinski definition) is 5. The molecule has 2 N–H and O–H groups in total. The Morgan fingerprint density at radius 1 is 1.36 bits per heavy atom. The number of hydrogen-bond donors (Lipinski definition) is 2. The van der Waals surface area contributed by atoms with Crippen LogP contribution in [0.25, 0.3) is 0 Å². The van der Waals surface area contributed by atoms with E-state index in [0.717, 1.165) is 17.8 Å². The molecule has 0 radical (unpaired) electrons. The van der Waals surface area contributed by atoms with Crippen LogP contribution >= 0.6 is 34.7 Å². The van der Waals surface area contributed by atoms with Gasteiger partial charge in [-0.05, 0) is 30.0 Å². The molecule has 2 heterocycles. The molecule has 5 nitrogen and oxygen atoms in total. The number of carbonyl (C=O) groups excluding carboxylic acids is 1. The maximum absolute atomic E-state index is 12.3. The number of nitrogens with zero attached hydrogens (tertiary/aromatic N) is 2. The van der Waals surface area contributed by atoms with Crippen molar-refractivity contribution >= 4 is 40.6 Å². The highest BCUT2D eigenvalue weighted by atomic mass is 35.5. The van der Waals surface area contributed by atoms with E-state index < -0.39 is 0 Å². The first kappa shape index (κ1) is 18.0. The Hall–Kier alpha value is -1.83. The highest BCUT2D eigenvalue weighted by molar-refractivity contribution is 8.00. The summed E-state index contributed by atoms with van der Waals surface area (Å²) in [6.07, 6.45) is 0.721. The number of aromatic amines is 1. The first-order valence-electron chi connectivity index (χ1n) is 7.73. The summed E-state index contributed by atoms with van der Waals surface area (Å²) in [7, 11) is 0. The molecule has 1 unspecified atom stereocenters. The van der Waals surface area contributed by atoms with E-state index in [1.54, 1.807) is 11.3 Å². The van der Waals surface area contributed by atoms with Crippen LogP contribution in [-0.2, 0) is 17.8 Å². The van der Waals surface area contributed by atoms with Gasteiger partial charge < -0.3 is 5.32 Å². The molecule has 1 amide bonds. The van der Waals surface area contributed by atoms with Gasteiger partial charge in [0.2, 0.25) is 11.1 Å². The lowest BCUT2D eigenvalue weighted by atomic mass is 10.2. The average Bonchev–Trinajstić information content (AvgIpc) is 3.26. The van der Waals surface area contributed by atoms with Gasteiger partial charge in [0.1, 0.15) is 5.82 Å². The Kier molecular flexibility index (Phi) is 6.12. The number of thiophene rings is 1. The zero-order chi connectivity index (χ0) is 17.6. The molecule has 130 valence electrons. The van der Waals surface area contributed by atoms with Crippen LogP contribution in [0.1, 0.15) is 23.2 Å². The normalized spacial score (nSPS) is 12.1. The molecule has 0 aliphatic carbocycles. The summed E-state index contributed by atoms with van der Waals surface area (Å²) in [6.45, 7) is 2.24. The van der Waals surface area contributed by atoms with Crippen molar-refractivity contribution in [1.82, 2.24) is 20.5 Å². The van der Waals surface area contributed by atoms with E-state index in [-0.39, 0.29) is 11.2 Å². The number of halogens is 1. The third kappa shape index (κ3) is 5.07. The maximum atomic E-state index is 12.3. The van der Waals surface area contributed by atoms with Crippen LogP contribution in [0.2, 0.25) is 5.02 Å². The van der Waals surface area contributed by atoms with Gasteiger partial charge in [-0.25, -0.2) is 4.98 Å². The zero-order valence-corrected chi connectivity index (χ0v) is 15.9. The second-order valence-electron chi connectivity index (χ2n) is 5.39. The molecule has 0 aliphatic rings.